The molecule has 0 radical (unpaired) electrons. The van der Waals surface area contributed by atoms with Gasteiger partial charge in [-0.15, -0.1) is 0 Å². The van der Waals surface area contributed by atoms with Crippen molar-refractivity contribution in [2.45, 2.75) is 45.8 Å². The van der Waals surface area contributed by atoms with Gasteiger partial charge in [0.25, 0.3) is 0 Å². The molecule has 21 heavy (non-hydrogen) atoms. The molecule has 0 spiro atoms. The summed E-state index contributed by atoms with van der Waals surface area (Å²) < 4.78 is 9.96. The van der Waals surface area contributed by atoms with Gasteiger partial charge in [0.2, 0.25) is 11.7 Å². The molecular formula is C13H21N3O5. The van der Waals surface area contributed by atoms with Gasteiger partial charge in [0.1, 0.15) is 12.6 Å². The lowest BCUT2D eigenvalue weighted by Crippen LogP contribution is -2.44. The SMILES string of the molecule is CCOCC(=O)NC(CCC(=O)C=[N+]=[N-])C(=O)OC(C)C. The van der Waals surface area contributed by atoms with E-state index in [4.69, 9.17) is 15.0 Å². The number of ketones is 1. The van der Waals surface area contributed by atoms with E-state index < -0.39 is 23.7 Å². The summed E-state index contributed by atoms with van der Waals surface area (Å²) in [6.45, 7) is 5.31. The number of carbonyl (C=O) groups excluding carboxylic acids is 3. The number of nitrogens with zero attached hydrogens (tertiary/aromatic N) is 2. The van der Waals surface area contributed by atoms with Gasteiger partial charge in [-0.1, -0.05) is 0 Å². The van der Waals surface area contributed by atoms with Crippen molar-refractivity contribution in [3.05, 3.63) is 5.53 Å². The van der Waals surface area contributed by atoms with Gasteiger partial charge >= 0.3 is 12.2 Å². The molecule has 0 fully saturated rings. The van der Waals surface area contributed by atoms with E-state index in [-0.39, 0.29) is 25.6 Å². The van der Waals surface area contributed by atoms with E-state index in [9.17, 15) is 14.4 Å². The minimum atomic E-state index is -0.948. The van der Waals surface area contributed by atoms with Crippen molar-refractivity contribution in [2.75, 3.05) is 13.2 Å². The molecule has 118 valence electrons. The molecule has 0 aromatic carbocycles. The Morgan fingerprint density at radius 2 is 2.00 bits per heavy atom. The van der Waals surface area contributed by atoms with Crippen LogP contribution in [0.2, 0.25) is 0 Å². The molecule has 0 aromatic heterocycles. The van der Waals surface area contributed by atoms with Gasteiger partial charge in [-0.2, -0.15) is 4.79 Å². The van der Waals surface area contributed by atoms with E-state index in [2.05, 4.69) is 10.1 Å². The summed E-state index contributed by atoms with van der Waals surface area (Å²) in [5.74, 6) is -1.55. The Morgan fingerprint density at radius 1 is 1.33 bits per heavy atom. The number of Topliss-reactive ketones (excluding diaryl/α,β-unsaturated/α-hetero) is 1. The van der Waals surface area contributed by atoms with Crippen LogP contribution in [0.15, 0.2) is 0 Å². The number of hydrogen-bond acceptors (Lipinski definition) is 5. The average molecular weight is 299 g/mol. The van der Waals surface area contributed by atoms with E-state index in [1.165, 1.54) is 0 Å². The zero-order valence-corrected chi connectivity index (χ0v) is 12.5. The molecule has 1 unspecified atom stereocenters. The van der Waals surface area contributed by atoms with Crippen molar-refractivity contribution >= 4 is 23.9 Å². The molecule has 0 aromatic rings. The number of amides is 1. The maximum absolute atomic E-state index is 11.9. The molecule has 0 rings (SSSR count). The smallest absolute Gasteiger partial charge is 0.328 e. The van der Waals surface area contributed by atoms with Gasteiger partial charge in [0.05, 0.1) is 6.10 Å². The van der Waals surface area contributed by atoms with E-state index in [1.807, 2.05) is 0 Å². The Morgan fingerprint density at radius 3 is 2.52 bits per heavy atom. The topological polar surface area (TPSA) is 118 Å². The highest BCUT2D eigenvalue weighted by atomic mass is 16.5. The first-order chi connectivity index (χ1) is 9.90. The number of hydrogen-bond donors (Lipinski definition) is 1. The summed E-state index contributed by atoms with van der Waals surface area (Å²) in [6.07, 6.45) is 0.399. The Hall–Kier alpha value is -2.05. The van der Waals surface area contributed by atoms with Crippen LogP contribution >= 0.6 is 0 Å². The maximum Gasteiger partial charge on any atom is 0.328 e. The molecule has 1 N–H and O–H groups in total. The third kappa shape index (κ3) is 9.48. The van der Waals surface area contributed by atoms with Crippen LogP contribution in [0.25, 0.3) is 5.53 Å². The van der Waals surface area contributed by atoms with E-state index in [1.54, 1.807) is 20.8 Å². The number of carbonyl (C=O) groups is 3. The van der Waals surface area contributed by atoms with E-state index >= 15 is 0 Å². The van der Waals surface area contributed by atoms with Crippen LogP contribution in [0.3, 0.4) is 0 Å². The van der Waals surface area contributed by atoms with Crippen LogP contribution in [0.5, 0.6) is 0 Å². The Balaban J connectivity index is 4.60. The summed E-state index contributed by atoms with van der Waals surface area (Å²) in [5, 5.41) is 2.46. The molecule has 8 nitrogen and oxygen atoms in total. The lowest BCUT2D eigenvalue weighted by molar-refractivity contribution is -0.152. The normalized spacial score (nSPS) is 11.4. The molecule has 0 saturated carbocycles. The minimum Gasteiger partial charge on any atom is -0.461 e. The Bertz CT molecular complexity index is 416. The lowest BCUT2D eigenvalue weighted by Gasteiger charge is -2.18. The van der Waals surface area contributed by atoms with Crippen molar-refractivity contribution in [3.8, 4) is 0 Å². The third-order valence-electron chi connectivity index (χ3n) is 2.29. The van der Waals surface area contributed by atoms with Crippen LogP contribution in [0.4, 0.5) is 0 Å². The van der Waals surface area contributed by atoms with Crippen LogP contribution in [0, 0.1) is 0 Å². The van der Waals surface area contributed by atoms with Gasteiger partial charge < -0.3 is 20.3 Å². The van der Waals surface area contributed by atoms with Gasteiger partial charge in [0.15, 0.2) is 0 Å². The first kappa shape index (κ1) is 18.9. The highest BCUT2D eigenvalue weighted by molar-refractivity contribution is 6.25. The molecule has 0 aliphatic carbocycles. The number of ether oxygens (including phenoxy) is 2. The second-order valence-electron chi connectivity index (χ2n) is 4.49. The molecule has 0 heterocycles. The van der Waals surface area contributed by atoms with E-state index in [0.29, 0.717) is 6.61 Å². The monoisotopic (exact) mass is 299 g/mol. The molecule has 0 aliphatic rings. The summed E-state index contributed by atoms with van der Waals surface area (Å²) in [5.41, 5.74) is 8.24. The van der Waals surface area contributed by atoms with Crippen LogP contribution in [-0.4, -0.2) is 54.0 Å². The van der Waals surface area contributed by atoms with Crippen molar-refractivity contribution in [3.63, 3.8) is 0 Å². The highest BCUT2D eigenvalue weighted by Crippen LogP contribution is 2.03. The second-order valence-corrected chi connectivity index (χ2v) is 4.49. The van der Waals surface area contributed by atoms with Crippen LogP contribution < -0.4 is 5.32 Å². The maximum atomic E-state index is 11.9. The standard InChI is InChI=1S/C13H21N3O5/c1-4-20-8-12(18)16-11(13(19)21-9(2)3)6-5-10(17)7-15-14/h7,9,11H,4-6,8H2,1-3H3,(H,16,18). The summed E-state index contributed by atoms with van der Waals surface area (Å²) >= 11 is 0. The lowest BCUT2D eigenvalue weighted by atomic mass is 10.1. The van der Waals surface area contributed by atoms with Gasteiger partial charge in [-0.05, 0) is 27.2 Å². The number of nitrogens with one attached hydrogen (secondary N) is 1. The Kier molecular flexibility index (Phi) is 9.66. The summed E-state index contributed by atoms with van der Waals surface area (Å²) in [6, 6.07) is -0.948. The van der Waals surface area contributed by atoms with Gasteiger partial charge in [0, 0.05) is 13.0 Å². The fourth-order valence-electron chi connectivity index (χ4n) is 1.41. The number of rotatable bonds is 10. The van der Waals surface area contributed by atoms with Crippen molar-refractivity contribution in [2.24, 2.45) is 0 Å². The van der Waals surface area contributed by atoms with Crippen molar-refractivity contribution in [1.29, 1.82) is 0 Å². The molecule has 0 bridgehead atoms. The van der Waals surface area contributed by atoms with Gasteiger partial charge in [-0.3, -0.25) is 9.59 Å². The quantitative estimate of drug-likeness (QED) is 0.266. The first-order valence-electron chi connectivity index (χ1n) is 6.68. The molecule has 0 aliphatic heterocycles. The number of esters is 1. The van der Waals surface area contributed by atoms with E-state index in [0.717, 1.165) is 6.21 Å². The van der Waals surface area contributed by atoms with Gasteiger partial charge in [-0.25, -0.2) is 4.79 Å². The highest BCUT2D eigenvalue weighted by Gasteiger charge is 2.24. The predicted molar refractivity (Wildman–Crippen MR) is 73.6 cm³/mol. The zero-order valence-electron chi connectivity index (χ0n) is 12.5. The molecule has 0 saturated heterocycles. The van der Waals surface area contributed by atoms with Crippen LogP contribution in [-0.2, 0) is 23.9 Å². The molecule has 8 heteroatoms. The first-order valence-corrected chi connectivity index (χ1v) is 6.68. The second kappa shape index (κ2) is 10.7. The largest absolute Gasteiger partial charge is 0.461 e. The van der Waals surface area contributed by atoms with Crippen molar-refractivity contribution < 1.29 is 28.6 Å². The van der Waals surface area contributed by atoms with Crippen LogP contribution in [0.1, 0.15) is 33.6 Å². The summed E-state index contributed by atoms with van der Waals surface area (Å²) in [7, 11) is 0. The molecule has 1 amide bonds. The predicted octanol–water partition coefficient (Wildman–Crippen LogP) is 0.109. The zero-order chi connectivity index (χ0) is 16.3. The third-order valence-corrected chi connectivity index (χ3v) is 2.29. The average Bonchev–Trinajstić information content (AvgIpc) is 2.40. The summed E-state index contributed by atoms with van der Waals surface area (Å²) in [4.78, 5) is 37.3. The molecular weight excluding hydrogens is 278 g/mol. The fraction of sp³-hybridized carbons (Fsp3) is 0.692. The minimum absolute atomic E-state index is 0.0499. The fourth-order valence-corrected chi connectivity index (χ4v) is 1.41. The molecule has 1 atom stereocenters. The van der Waals surface area contributed by atoms with Crippen molar-refractivity contribution in [1.82, 2.24) is 5.32 Å². The Labute approximate surface area is 123 Å².